The van der Waals surface area contributed by atoms with Crippen LogP contribution in [0, 0.1) is 0 Å². The average Bonchev–Trinajstić information content (AvgIpc) is 2.97. The first kappa shape index (κ1) is 12.9. The number of nitrogens with zero attached hydrogens (tertiary/aromatic N) is 1. The zero-order valence-corrected chi connectivity index (χ0v) is 12.4. The second-order valence-corrected chi connectivity index (χ2v) is 7.11. The highest BCUT2D eigenvalue weighted by Crippen LogP contribution is 2.30. The first-order chi connectivity index (χ1) is 8.74. The Morgan fingerprint density at radius 1 is 1.39 bits per heavy atom. The normalized spacial score (nSPS) is 30.3. The van der Waals surface area contributed by atoms with E-state index < -0.39 is 0 Å². The van der Waals surface area contributed by atoms with Gasteiger partial charge in [0.15, 0.2) is 0 Å². The molecule has 100 valence electrons. The molecule has 18 heavy (non-hydrogen) atoms. The van der Waals surface area contributed by atoms with Crippen molar-refractivity contribution in [3.63, 3.8) is 0 Å². The third kappa shape index (κ3) is 2.60. The lowest BCUT2D eigenvalue weighted by atomic mass is 9.98. The van der Waals surface area contributed by atoms with Crippen LogP contribution >= 0.6 is 22.9 Å². The van der Waals surface area contributed by atoms with Gasteiger partial charge in [-0.1, -0.05) is 18.0 Å². The van der Waals surface area contributed by atoms with Crippen LogP contribution < -0.4 is 5.32 Å². The van der Waals surface area contributed by atoms with Gasteiger partial charge >= 0.3 is 0 Å². The summed E-state index contributed by atoms with van der Waals surface area (Å²) in [6.45, 7) is 4.84. The molecule has 0 aromatic carbocycles. The van der Waals surface area contributed by atoms with Crippen molar-refractivity contribution >= 4 is 22.9 Å². The third-order valence-corrected chi connectivity index (χ3v) is 5.52. The highest BCUT2D eigenvalue weighted by Gasteiger charge is 2.35. The van der Waals surface area contributed by atoms with Gasteiger partial charge in [-0.3, -0.25) is 4.90 Å². The molecule has 0 bridgehead atoms. The van der Waals surface area contributed by atoms with Crippen LogP contribution in [0.4, 0.5) is 0 Å². The Morgan fingerprint density at radius 2 is 2.28 bits per heavy atom. The molecule has 3 unspecified atom stereocenters. The number of rotatable bonds is 3. The molecule has 3 rings (SSSR count). The van der Waals surface area contributed by atoms with Gasteiger partial charge in [0.2, 0.25) is 0 Å². The van der Waals surface area contributed by atoms with E-state index in [0.29, 0.717) is 12.1 Å². The summed E-state index contributed by atoms with van der Waals surface area (Å²) >= 11 is 7.64. The van der Waals surface area contributed by atoms with E-state index in [1.165, 1.54) is 44.3 Å². The molecule has 1 aromatic rings. The van der Waals surface area contributed by atoms with Crippen LogP contribution in [0.25, 0.3) is 0 Å². The van der Waals surface area contributed by atoms with E-state index >= 15 is 0 Å². The molecule has 2 fully saturated rings. The maximum Gasteiger partial charge on any atom is 0.0931 e. The summed E-state index contributed by atoms with van der Waals surface area (Å²) in [5.41, 5.74) is 1.33. The van der Waals surface area contributed by atoms with E-state index in [1.807, 2.05) is 0 Å². The quantitative estimate of drug-likeness (QED) is 0.911. The summed E-state index contributed by atoms with van der Waals surface area (Å²) in [6, 6.07) is 3.95. The van der Waals surface area contributed by atoms with Gasteiger partial charge in [-0.15, -0.1) is 11.3 Å². The van der Waals surface area contributed by atoms with E-state index in [2.05, 4.69) is 28.6 Å². The molecule has 1 N–H and O–H groups in total. The minimum absolute atomic E-state index is 0.417. The lowest BCUT2D eigenvalue weighted by Crippen LogP contribution is -2.45. The van der Waals surface area contributed by atoms with Gasteiger partial charge in [-0.2, -0.15) is 0 Å². The van der Waals surface area contributed by atoms with Crippen LogP contribution in [0.3, 0.4) is 0 Å². The number of piperidine rings is 1. The van der Waals surface area contributed by atoms with Crippen molar-refractivity contribution in [2.75, 3.05) is 13.1 Å². The molecule has 0 radical (unpaired) electrons. The van der Waals surface area contributed by atoms with Gasteiger partial charge < -0.3 is 5.32 Å². The van der Waals surface area contributed by atoms with Crippen molar-refractivity contribution in [2.45, 2.75) is 50.7 Å². The Kier molecular flexibility index (Phi) is 3.94. The van der Waals surface area contributed by atoms with Gasteiger partial charge in [-0.25, -0.2) is 0 Å². The van der Waals surface area contributed by atoms with E-state index in [9.17, 15) is 0 Å². The molecule has 2 aliphatic heterocycles. The number of nitrogens with one attached hydrogen (secondary N) is 1. The Labute approximate surface area is 118 Å². The highest BCUT2D eigenvalue weighted by molar-refractivity contribution is 7.14. The summed E-state index contributed by atoms with van der Waals surface area (Å²) in [5, 5.41) is 5.99. The van der Waals surface area contributed by atoms with E-state index in [4.69, 9.17) is 11.6 Å². The molecule has 3 atom stereocenters. The number of hydrogen-bond acceptors (Lipinski definition) is 3. The summed E-state index contributed by atoms with van der Waals surface area (Å²) in [6.07, 6.45) is 5.46. The topological polar surface area (TPSA) is 15.3 Å². The molecule has 0 amide bonds. The molecule has 3 heterocycles. The van der Waals surface area contributed by atoms with E-state index in [-0.39, 0.29) is 0 Å². The smallest absolute Gasteiger partial charge is 0.0931 e. The van der Waals surface area contributed by atoms with Crippen molar-refractivity contribution in [1.82, 2.24) is 10.2 Å². The number of halogens is 1. The van der Waals surface area contributed by atoms with Crippen LogP contribution in [0.15, 0.2) is 11.4 Å². The molecule has 0 aliphatic carbocycles. The predicted molar refractivity (Wildman–Crippen MR) is 78.5 cm³/mol. The van der Waals surface area contributed by atoms with Crippen LogP contribution in [-0.2, 0) is 0 Å². The minimum Gasteiger partial charge on any atom is -0.306 e. The van der Waals surface area contributed by atoms with Gasteiger partial charge in [0, 0.05) is 24.7 Å². The van der Waals surface area contributed by atoms with Crippen molar-refractivity contribution in [1.29, 1.82) is 0 Å². The highest BCUT2D eigenvalue weighted by atomic mass is 35.5. The fourth-order valence-electron chi connectivity index (χ4n) is 3.41. The van der Waals surface area contributed by atoms with Crippen LogP contribution in [0.5, 0.6) is 0 Å². The van der Waals surface area contributed by atoms with Crippen molar-refractivity contribution < 1.29 is 0 Å². The SMILES string of the molecule is CC(NC1CCN2CCCCC12)c1csc(Cl)c1. The molecule has 1 aromatic heterocycles. The molecule has 0 saturated carbocycles. The fraction of sp³-hybridized carbons (Fsp3) is 0.714. The first-order valence-corrected chi connectivity index (χ1v) is 8.24. The average molecular weight is 285 g/mol. The second-order valence-electron chi connectivity index (χ2n) is 5.57. The largest absolute Gasteiger partial charge is 0.306 e. The van der Waals surface area contributed by atoms with E-state index in [0.717, 1.165) is 10.4 Å². The lowest BCUT2D eigenvalue weighted by Gasteiger charge is -2.33. The monoisotopic (exact) mass is 284 g/mol. The fourth-order valence-corrected chi connectivity index (χ4v) is 4.39. The summed E-state index contributed by atoms with van der Waals surface area (Å²) in [5.74, 6) is 0. The van der Waals surface area contributed by atoms with Gasteiger partial charge in [0.25, 0.3) is 0 Å². The maximum atomic E-state index is 6.01. The predicted octanol–water partition coefficient (Wildman–Crippen LogP) is 3.68. The molecule has 4 heteroatoms. The van der Waals surface area contributed by atoms with Crippen LogP contribution in [0.2, 0.25) is 4.34 Å². The summed E-state index contributed by atoms with van der Waals surface area (Å²) in [7, 11) is 0. The lowest BCUT2D eigenvalue weighted by molar-refractivity contribution is 0.177. The zero-order chi connectivity index (χ0) is 12.5. The number of hydrogen-bond donors (Lipinski definition) is 1. The molecule has 0 spiro atoms. The second kappa shape index (κ2) is 5.49. The summed E-state index contributed by atoms with van der Waals surface area (Å²) < 4.78 is 0.893. The maximum absolute atomic E-state index is 6.01. The van der Waals surface area contributed by atoms with Crippen molar-refractivity contribution in [2.24, 2.45) is 0 Å². The zero-order valence-electron chi connectivity index (χ0n) is 10.9. The standard InChI is InChI=1S/C14H21ClN2S/c1-10(11-8-14(15)18-9-11)16-12-5-7-17-6-3-2-4-13(12)17/h8-10,12-13,16H,2-7H2,1H3. The minimum atomic E-state index is 0.417. The molecular formula is C14H21ClN2S. The molecular weight excluding hydrogens is 264 g/mol. The Hall–Kier alpha value is -0.0900. The van der Waals surface area contributed by atoms with Gasteiger partial charge in [0.05, 0.1) is 4.34 Å². The van der Waals surface area contributed by atoms with Crippen LogP contribution in [0.1, 0.15) is 44.2 Å². The van der Waals surface area contributed by atoms with Crippen molar-refractivity contribution in [3.05, 3.63) is 21.3 Å². The van der Waals surface area contributed by atoms with E-state index in [1.54, 1.807) is 11.3 Å². The van der Waals surface area contributed by atoms with Crippen molar-refractivity contribution in [3.8, 4) is 0 Å². The Morgan fingerprint density at radius 3 is 3.06 bits per heavy atom. The van der Waals surface area contributed by atoms with Gasteiger partial charge in [-0.05, 0) is 49.7 Å². The first-order valence-electron chi connectivity index (χ1n) is 6.98. The van der Waals surface area contributed by atoms with Gasteiger partial charge in [0.1, 0.15) is 0 Å². The molecule has 2 aliphatic rings. The summed E-state index contributed by atoms with van der Waals surface area (Å²) in [4.78, 5) is 2.68. The molecule has 2 saturated heterocycles. The Balaban J connectivity index is 1.62. The Bertz CT molecular complexity index is 406. The number of thiophene rings is 1. The molecule has 2 nitrogen and oxygen atoms in total. The van der Waals surface area contributed by atoms with Crippen LogP contribution in [-0.4, -0.2) is 30.1 Å². The third-order valence-electron chi connectivity index (χ3n) is 4.41. The number of fused-ring (bicyclic) bond motifs is 1.